The molecular weight excluding hydrogens is 312 g/mol. The molecule has 23 heavy (non-hydrogen) atoms. The lowest BCUT2D eigenvalue weighted by Crippen LogP contribution is -2.46. The van der Waals surface area contributed by atoms with Crippen LogP contribution in [-0.4, -0.2) is 50.4 Å². The number of hydrogen-bond acceptors (Lipinski definition) is 5. The zero-order valence-electron chi connectivity index (χ0n) is 12.6. The predicted molar refractivity (Wildman–Crippen MR) is 89.7 cm³/mol. The minimum absolute atomic E-state index is 0.721. The third-order valence-electron chi connectivity index (χ3n) is 4.10. The molecule has 118 valence electrons. The molecule has 6 nitrogen and oxygen atoms in total. The summed E-state index contributed by atoms with van der Waals surface area (Å²) in [6.45, 7) is 4.75. The number of rotatable bonds is 3. The average Bonchev–Trinajstić information content (AvgIpc) is 2.97. The van der Waals surface area contributed by atoms with E-state index in [1.807, 2.05) is 28.9 Å². The fraction of sp³-hybridized carbons (Fsp3) is 0.312. The summed E-state index contributed by atoms with van der Waals surface area (Å²) >= 11 is 6.02. The Morgan fingerprint density at radius 3 is 2.70 bits per heavy atom. The third kappa shape index (κ3) is 3.13. The molecule has 4 heterocycles. The molecular formula is C16H17ClN6. The monoisotopic (exact) mass is 328 g/mol. The largest absolute Gasteiger partial charge is 0.353 e. The molecule has 0 atom stereocenters. The highest BCUT2D eigenvalue weighted by molar-refractivity contribution is 6.30. The van der Waals surface area contributed by atoms with Crippen LogP contribution < -0.4 is 4.90 Å². The molecule has 0 saturated carbocycles. The van der Waals surface area contributed by atoms with Crippen molar-refractivity contribution in [2.24, 2.45) is 0 Å². The van der Waals surface area contributed by atoms with Crippen molar-refractivity contribution in [1.29, 1.82) is 0 Å². The van der Waals surface area contributed by atoms with Crippen molar-refractivity contribution in [3.63, 3.8) is 0 Å². The van der Waals surface area contributed by atoms with Crippen molar-refractivity contribution in [2.75, 3.05) is 31.1 Å². The Morgan fingerprint density at radius 2 is 1.91 bits per heavy atom. The van der Waals surface area contributed by atoms with Gasteiger partial charge in [0.1, 0.15) is 11.5 Å². The summed E-state index contributed by atoms with van der Waals surface area (Å²) in [4.78, 5) is 17.8. The predicted octanol–water partition coefficient (Wildman–Crippen LogP) is 2.10. The van der Waals surface area contributed by atoms with E-state index < -0.39 is 0 Å². The Bertz CT molecular complexity index is 795. The summed E-state index contributed by atoms with van der Waals surface area (Å²) < 4.78 is 1.98. The quantitative estimate of drug-likeness (QED) is 0.737. The second kappa shape index (κ2) is 6.14. The molecule has 3 aromatic heterocycles. The molecule has 3 aromatic rings. The fourth-order valence-electron chi connectivity index (χ4n) is 2.91. The van der Waals surface area contributed by atoms with Crippen LogP contribution >= 0.6 is 11.6 Å². The molecule has 4 rings (SSSR count). The molecule has 0 bridgehead atoms. The summed E-state index contributed by atoms with van der Waals surface area (Å²) in [7, 11) is 0. The number of fused-ring (bicyclic) bond motifs is 1. The van der Waals surface area contributed by atoms with Gasteiger partial charge in [-0.1, -0.05) is 11.6 Å². The van der Waals surface area contributed by atoms with Crippen molar-refractivity contribution in [1.82, 2.24) is 24.3 Å². The highest BCUT2D eigenvalue weighted by atomic mass is 35.5. The number of pyridine rings is 1. The summed E-state index contributed by atoms with van der Waals surface area (Å²) in [5.41, 5.74) is 2.00. The van der Waals surface area contributed by atoms with Crippen LogP contribution in [0.5, 0.6) is 0 Å². The number of nitrogens with zero attached hydrogens (tertiary/aromatic N) is 6. The van der Waals surface area contributed by atoms with Gasteiger partial charge in [0.25, 0.3) is 0 Å². The zero-order chi connectivity index (χ0) is 15.6. The molecule has 0 aliphatic carbocycles. The molecule has 0 radical (unpaired) electrons. The van der Waals surface area contributed by atoms with E-state index >= 15 is 0 Å². The second-order valence-corrected chi connectivity index (χ2v) is 6.11. The number of halogens is 1. The Morgan fingerprint density at radius 1 is 1.04 bits per heavy atom. The highest BCUT2D eigenvalue weighted by Crippen LogP contribution is 2.15. The van der Waals surface area contributed by atoms with E-state index in [0.29, 0.717) is 0 Å². The van der Waals surface area contributed by atoms with Crippen molar-refractivity contribution >= 4 is 23.1 Å². The molecule has 1 aliphatic heterocycles. The molecule has 1 saturated heterocycles. The van der Waals surface area contributed by atoms with Crippen LogP contribution in [0, 0.1) is 0 Å². The van der Waals surface area contributed by atoms with E-state index in [0.717, 1.165) is 54.9 Å². The Balaban J connectivity index is 1.40. The van der Waals surface area contributed by atoms with Gasteiger partial charge in [-0.3, -0.25) is 9.88 Å². The second-order valence-electron chi connectivity index (χ2n) is 5.67. The lowest BCUT2D eigenvalue weighted by atomic mass is 10.3. The summed E-state index contributed by atoms with van der Waals surface area (Å²) in [6.07, 6.45) is 9.20. The van der Waals surface area contributed by atoms with E-state index in [-0.39, 0.29) is 0 Å². The number of anilines is 1. The summed E-state index contributed by atoms with van der Waals surface area (Å²) in [5, 5.41) is 0.721. The molecule has 0 N–H and O–H groups in total. The minimum Gasteiger partial charge on any atom is -0.353 e. The first-order valence-corrected chi connectivity index (χ1v) is 8.02. The number of aromatic nitrogens is 4. The molecule has 0 spiro atoms. The van der Waals surface area contributed by atoms with Crippen molar-refractivity contribution in [3.8, 4) is 0 Å². The van der Waals surface area contributed by atoms with Gasteiger partial charge in [-0.25, -0.2) is 9.97 Å². The first kappa shape index (κ1) is 14.4. The van der Waals surface area contributed by atoms with Crippen LogP contribution in [0.1, 0.15) is 5.69 Å². The maximum Gasteiger partial charge on any atom is 0.147 e. The van der Waals surface area contributed by atoms with Crippen molar-refractivity contribution in [3.05, 3.63) is 53.8 Å². The van der Waals surface area contributed by atoms with Crippen LogP contribution in [0.4, 0.5) is 5.82 Å². The maximum absolute atomic E-state index is 6.02. The van der Waals surface area contributed by atoms with Gasteiger partial charge in [0.05, 0.1) is 16.9 Å². The van der Waals surface area contributed by atoms with Gasteiger partial charge in [0, 0.05) is 57.5 Å². The maximum atomic E-state index is 6.02. The van der Waals surface area contributed by atoms with E-state index in [4.69, 9.17) is 11.6 Å². The SMILES string of the molecule is Clc1ccc2nc(CN3CCN(c4cnccn4)CC3)cn2c1. The van der Waals surface area contributed by atoms with Gasteiger partial charge in [0.2, 0.25) is 0 Å². The van der Waals surface area contributed by atoms with Crippen LogP contribution in [0.15, 0.2) is 43.1 Å². The van der Waals surface area contributed by atoms with Crippen LogP contribution in [0.25, 0.3) is 5.65 Å². The lowest BCUT2D eigenvalue weighted by molar-refractivity contribution is 0.247. The van der Waals surface area contributed by atoms with Gasteiger partial charge < -0.3 is 9.30 Å². The van der Waals surface area contributed by atoms with Gasteiger partial charge in [-0.15, -0.1) is 0 Å². The molecule has 7 heteroatoms. The standard InChI is InChI=1S/C16H17ClN6/c17-13-1-2-15-20-14(12-23(15)10-13)11-21-5-7-22(8-6-21)16-9-18-3-4-19-16/h1-4,9-10,12H,5-8,11H2. The van der Waals surface area contributed by atoms with Gasteiger partial charge >= 0.3 is 0 Å². The number of imidazole rings is 1. The minimum atomic E-state index is 0.721. The Labute approximate surface area is 139 Å². The fourth-order valence-corrected chi connectivity index (χ4v) is 3.08. The summed E-state index contributed by atoms with van der Waals surface area (Å²) in [6, 6.07) is 3.81. The zero-order valence-corrected chi connectivity index (χ0v) is 13.4. The van der Waals surface area contributed by atoms with E-state index in [2.05, 4.69) is 30.9 Å². The normalized spacial score (nSPS) is 16.1. The van der Waals surface area contributed by atoms with Crippen LogP contribution in [-0.2, 0) is 6.54 Å². The lowest BCUT2D eigenvalue weighted by Gasteiger charge is -2.34. The van der Waals surface area contributed by atoms with Crippen LogP contribution in [0.2, 0.25) is 5.02 Å². The number of piperazine rings is 1. The third-order valence-corrected chi connectivity index (χ3v) is 4.32. The van der Waals surface area contributed by atoms with Crippen molar-refractivity contribution < 1.29 is 0 Å². The van der Waals surface area contributed by atoms with Gasteiger partial charge in [0.15, 0.2) is 0 Å². The van der Waals surface area contributed by atoms with Crippen molar-refractivity contribution in [2.45, 2.75) is 6.54 Å². The Hall–Kier alpha value is -2.18. The average molecular weight is 329 g/mol. The molecule has 0 unspecified atom stereocenters. The molecule has 0 amide bonds. The first-order chi connectivity index (χ1) is 11.3. The van der Waals surface area contributed by atoms with E-state index in [1.165, 1.54) is 0 Å². The molecule has 0 aromatic carbocycles. The van der Waals surface area contributed by atoms with E-state index in [1.54, 1.807) is 12.4 Å². The number of hydrogen-bond donors (Lipinski definition) is 0. The molecule has 1 fully saturated rings. The summed E-state index contributed by atoms with van der Waals surface area (Å²) in [5.74, 6) is 0.953. The van der Waals surface area contributed by atoms with Gasteiger partial charge in [-0.2, -0.15) is 0 Å². The van der Waals surface area contributed by atoms with E-state index in [9.17, 15) is 0 Å². The Kier molecular flexibility index (Phi) is 3.85. The molecule has 1 aliphatic rings. The topological polar surface area (TPSA) is 49.6 Å². The highest BCUT2D eigenvalue weighted by Gasteiger charge is 2.19. The first-order valence-electron chi connectivity index (χ1n) is 7.64. The smallest absolute Gasteiger partial charge is 0.147 e. The van der Waals surface area contributed by atoms with Gasteiger partial charge in [-0.05, 0) is 12.1 Å². The van der Waals surface area contributed by atoms with Crippen LogP contribution in [0.3, 0.4) is 0 Å².